The lowest BCUT2D eigenvalue weighted by atomic mass is 10.2. The van der Waals surface area contributed by atoms with Gasteiger partial charge in [-0.05, 0) is 24.3 Å². The first-order chi connectivity index (χ1) is 12.6. The van der Waals surface area contributed by atoms with Crippen molar-refractivity contribution >= 4 is 22.8 Å². The molecule has 0 aliphatic carbocycles. The van der Waals surface area contributed by atoms with Gasteiger partial charge in [0.05, 0.1) is 10.9 Å². The molecule has 0 N–H and O–H groups in total. The first-order valence-electron chi connectivity index (χ1n) is 8.70. The monoisotopic (exact) mass is 348 g/mol. The van der Waals surface area contributed by atoms with E-state index in [4.69, 9.17) is 0 Å². The highest BCUT2D eigenvalue weighted by Gasteiger charge is 2.24. The van der Waals surface area contributed by atoms with E-state index < -0.39 is 0 Å². The molecule has 4 rings (SSSR count). The largest absolute Gasteiger partial charge is 0.339 e. The smallest absolute Gasteiger partial charge is 0.262 e. The number of rotatable bonds is 2. The molecular weight excluding hydrogens is 328 g/mol. The summed E-state index contributed by atoms with van der Waals surface area (Å²) in [6.45, 7) is 2.52. The minimum atomic E-state index is -0.0478. The molecular formula is C20H20N4O2. The molecule has 2 aromatic carbocycles. The fourth-order valence-electron chi connectivity index (χ4n) is 3.36. The van der Waals surface area contributed by atoms with Gasteiger partial charge in [0.25, 0.3) is 11.5 Å². The number of aromatic nitrogens is 2. The van der Waals surface area contributed by atoms with E-state index in [0.29, 0.717) is 48.6 Å². The highest BCUT2D eigenvalue weighted by atomic mass is 16.2. The van der Waals surface area contributed by atoms with Gasteiger partial charge in [0, 0.05) is 38.8 Å². The third kappa shape index (κ3) is 2.83. The zero-order chi connectivity index (χ0) is 18.1. The van der Waals surface area contributed by atoms with Crippen LogP contribution in [-0.2, 0) is 7.05 Å². The number of carbonyl (C=O) groups is 1. The van der Waals surface area contributed by atoms with E-state index in [1.54, 1.807) is 17.7 Å². The summed E-state index contributed by atoms with van der Waals surface area (Å²) in [5.74, 6) is 0.700. The predicted octanol–water partition coefficient (Wildman–Crippen LogP) is 1.90. The molecule has 1 aliphatic heterocycles. The summed E-state index contributed by atoms with van der Waals surface area (Å²) in [5, 5.41) is 0.622. The zero-order valence-corrected chi connectivity index (χ0v) is 14.6. The number of para-hydroxylation sites is 1. The van der Waals surface area contributed by atoms with Crippen LogP contribution >= 0.6 is 0 Å². The lowest BCUT2D eigenvalue weighted by Crippen LogP contribution is -2.50. The summed E-state index contributed by atoms with van der Waals surface area (Å²) in [6.07, 6.45) is 0. The lowest BCUT2D eigenvalue weighted by molar-refractivity contribution is 0.0746. The number of piperazine rings is 1. The molecule has 1 saturated heterocycles. The quantitative estimate of drug-likeness (QED) is 0.710. The molecule has 1 aliphatic rings. The lowest BCUT2D eigenvalue weighted by Gasteiger charge is -2.36. The molecule has 1 aromatic heterocycles. The van der Waals surface area contributed by atoms with E-state index in [2.05, 4.69) is 9.88 Å². The second-order valence-corrected chi connectivity index (χ2v) is 6.44. The number of nitrogens with zero attached hydrogens (tertiary/aromatic N) is 4. The second-order valence-electron chi connectivity index (χ2n) is 6.44. The highest BCUT2D eigenvalue weighted by Crippen LogP contribution is 2.17. The van der Waals surface area contributed by atoms with Gasteiger partial charge in [-0.1, -0.05) is 30.3 Å². The summed E-state index contributed by atoms with van der Waals surface area (Å²) in [4.78, 5) is 33.8. The third-order valence-corrected chi connectivity index (χ3v) is 4.83. The molecule has 0 spiro atoms. The minimum Gasteiger partial charge on any atom is -0.339 e. The van der Waals surface area contributed by atoms with E-state index in [9.17, 15) is 9.59 Å². The number of amides is 1. The van der Waals surface area contributed by atoms with Crippen molar-refractivity contribution in [3.05, 3.63) is 70.5 Å². The Morgan fingerprint density at radius 2 is 1.58 bits per heavy atom. The topological polar surface area (TPSA) is 58.4 Å². The summed E-state index contributed by atoms with van der Waals surface area (Å²) in [7, 11) is 1.75. The molecule has 3 aromatic rings. The average molecular weight is 348 g/mol. The van der Waals surface area contributed by atoms with E-state index in [1.807, 2.05) is 53.4 Å². The Bertz CT molecular complexity index is 1010. The first-order valence-corrected chi connectivity index (χ1v) is 8.70. The molecule has 0 unspecified atom stereocenters. The normalized spacial score (nSPS) is 14.7. The van der Waals surface area contributed by atoms with Gasteiger partial charge in [-0.3, -0.25) is 14.2 Å². The summed E-state index contributed by atoms with van der Waals surface area (Å²) in [6, 6.07) is 16.7. The molecule has 6 nitrogen and oxygen atoms in total. The molecule has 0 bridgehead atoms. The Morgan fingerprint density at radius 1 is 0.923 bits per heavy atom. The summed E-state index contributed by atoms with van der Waals surface area (Å²) >= 11 is 0. The van der Waals surface area contributed by atoms with Gasteiger partial charge in [-0.25, -0.2) is 4.98 Å². The van der Waals surface area contributed by atoms with Crippen LogP contribution in [0.15, 0.2) is 59.4 Å². The first kappa shape index (κ1) is 16.3. The van der Waals surface area contributed by atoms with Crippen LogP contribution in [0.5, 0.6) is 0 Å². The zero-order valence-electron chi connectivity index (χ0n) is 14.6. The van der Waals surface area contributed by atoms with Crippen molar-refractivity contribution < 1.29 is 4.79 Å². The van der Waals surface area contributed by atoms with Crippen molar-refractivity contribution in [2.75, 3.05) is 31.1 Å². The second kappa shape index (κ2) is 6.63. The maximum atomic E-state index is 12.6. The van der Waals surface area contributed by atoms with Gasteiger partial charge < -0.3 is 9.80 Å². The van der Waals surface area contributed by atoms with Gasteiger partial charge in [0.15, 0.2) is 0 Å². The average Bonchev–Trinajstić information content (AvgIpc) is 2.71. The Kier molecular flexibility index (Phi) is 4.16. The maximum absolute atomic E-state index is 12.6. The molecule has 1 amide bonds. The van der Waals surface area contributed by atoms with Crippen LogP contribution in [0.3, 0.4) is 0 Å². The SMILES string of the molecule is Cn1c(N2CCN(C(=O)c3ccccc3)CC2)nc2ccccc2c1=O. The molecule has 26 heavy (non-hydrogen) atoms. The van der Waals surface area contributed by atoms with Gasteiger partial charge in [0.2, 0.25) is 5.95 Å². The van der Waals surface area contributed by atoms with Crippen molar-refractivity contribution in [2.45, 2.75) is 0 Å². The Morgan fingerprint density at radius 3 is 2.31 bits per heavy atom. The van der Waals surface area contributed by atoms with E-state index in [0.717, 1.165) is 0 Å². The van der Waals surface area contributed by atoms with E-state index >= 15 is 0 Å². The van der Waals surface area contributed by atoms with E-state index in [-0.39, 0.29) is 11.5 Å². The number of hydrogen-bond acceptors (Lipinski definition) is 4. The molecule has 0 atom stereocenters. The van der Waals surface area contributed by atoms with Crippen molar-refractivity contribution in [3.63, 3.8) is 0 Å². The number of anilines is 1. The Hall–Kier alpha value is -3.15. The van der Waals surface area contributed by atoms with Crippen molar-refractivity contribution in [3.8, 4) is 0 Å². The third-order valence-electron chi connectivity index (χ3n) is 4.83. The fraction of sp³-hybridized carbons (Fsp3) is 0.250. The molecule has 6 heteroatoms. The number of carbonyl (C=O) groups excluding carboxylic acids is 1. The van der Waals surface area contributed by atoms with Gasteiger partial charge in [0.1, 0.15) is 0 Å². The molecule has 1 fully saturated rings. The predicted molar refractivity (Wildman–Crippen MR) is 102 cm³/mol. The van der Waals surface area contributed by atoms with Gasteiger partial charge in [-0.2, -0.15) is 0 Å². The molecule has 0 saturated carbocycles. The summed E-state index contributed by atoms with van der Waals surface area (Å²) in [5.41, 5.74) is 1.36. The van der Waals surface area contributed by atoms with Gasteiger partial charge in [-0.15, -0.1) is 0 Å². The Balaban J connectivity index is 1.55. The van der Waals surface area contributed by atoms with Crippen LogP contribution in [0.25, 0.3) is 10.9 Å². The molecule has 0 radical (unpaired) electrons. The maximum Gasteiger partial charge on any atom is 0.262 e. The van der Waals surface area contributed by atoms with Crippen LogP contribution in [0, 0.1) is 0 Å². The fourth-order valence-corrected chi connectivity index (χ4v) is 3.36. The number of benzene rings is 2. The van der Waals surface area contributed by atoms with Crippen molar-refractivity contribution in [1.82, 2.24) is 14.5 Å². The van der Waals surface area contributed by atoms with E-state index in [1.165, 1.54) is 0 Å². The Labute approximate surface area is 151 Å². The van der Waals surface area contributed by atoms with Crippen LogP contribution in [0.4, 0.5) is 5.95 Å². The summed E-state index contributed by atoms with van der Waals surface area (Å²) < 4.78 is 1.59. The molecule has 132 valence electrons. The number of fused-ring (bicyclic) bond motifs is 1. The number of hydrogen-bond donors (Lipinski definition) is 0. The van der Waals surface area contributed by atoms with Crippen molar-refractivity contribution in [2.24, 2.45) is 7.05 Å². The molecule has 2 heterocycles. The van der Waals surface area contributed by atoms with Gasteiger partial charge >= 0.3 is 0 Å². The van der Waals surface area contributed by atoms with Crippen molar-refractivity contribution in [1.29, 1.82) is 0 Å². The minimum absolute atomic E-state index is 0.0469. The van der Waals surface area contributed by atoms with Crippen LogP contribution in [-0.4, -0.2) is 46.5 Å². The van der Waals surface area contributed by atoms with Crippen LogP contribution in [0.1, 0.15) is 10.4 Å². The van der Waals surface area contributed by atoms with Crippen LogP contribution in [0.2, 0.25) is 0 Å². The standard InChI is InChI=1S/C20H20N4O2/c1-22-19(26)16-9-5-6-10-17(16)21-20(22)24-13-11-23(12-14-24)18(25)15-7-3-2-4-8-15/h2-10H,11-14H2,1H3. The van der Waals surface area contributed by atoms with Crippen LogP contribution < -0.4 is 10.5 Å². The highest BCUT2D eigenvalue weighted by molar-refractivity contribution is 5.94.